The first kappa shape index (κ1) is 22.4. The Morgan fingerprint density at radius 2 is 1.53 bits per heavy atom. The molecular formula is C22H22O6S2. The molecule has 2 heterocycles. The van der Waals surface area contributed by atoms with Crippen LogP contribution in [0.2, 0.25) is 0 Å². The van der Waals surface area contributed by atoms with Gasteiger partial charge in [-0.1, -0.05) is 24.3 Å². The minimum Gasteiger partial charge on any atom is -0.465 e. The maximum Gasteiger partial charge on any atom is 0.339 e. The highest BCUT2D eigenvalue weighted by atomic mass is 32.2. The number of hydrogen-bond acceptors (Lipinski definition) is 8. The highest BCUT2D eigenvalue weighted by Gasteiger charge is 2.24. The van der Waals surface area contributed by atoms with Gasteiger partial charge in [0, 0.05) is 33.3 Å². The Morgan fingerprint density at radius 3 is 2.20 bits per heavy atom. The van der Waals surface area contributed by atoms with Crippen molar-refractivity contribution in [1.82, 2.24) is 0 Å². The van der Waals surface area contributed by atoms with E-state index < -0.39 is 6.10 Å². The third-order valence-corrected chi connectivity index (χ3v) is 7.06. The second kappa shape index (κ2) is 10.1. The number of hydrogen-bond donors (Lipinski definition) is 1. The van der Waals surface area contributed by atoms with Crippen LogP contribution in [0.4, 0.5) is 0 Å². The van der Waals surface area contributed by atoms with Crippen LogP contribution >= 0.6 is 23.5 Å². The molecule has 1 unspecified atom stereocenters. The van der Waals surface area contributed by atoms with Crippen LogP contribution in [-0.2, 0) is 9.47 Å². The Morgan fingerprint density at radius 1 is 0.933 bits per heavy atom. The molecule has 2 aliphatic rings. The number of carbonyl (C=O) groups is 3. The molecule has 2 aromatic carbocycles. The smallest absolute Gasteiger partial charge is 0.339 e. The summed E-state index contributed by atoms with van der Waals surface area (Å²) in [5, 5.41) is 9.77. The zero-order chi connectivity index (χ0) is 21.7. The van der Waals surface area contributed by atoms with Gasteiger partial charge in [-0.3, -0.25) is 4.79 Å². The van der Waals surface area contributed by atoms with Gasteiger partial charge in [-0.25, -0.2) is 9.59 Å². The van der Waals surface area contributed by atoms with Gasteiger partial charge in [0.2, 0.25) is 0 Å². The van der Waals surface area contributed by atoms with Gasteiger partial charge in [0.1, 0.15) is 0 Å². The summed E-state index contributed by atoms with van der Waals surface area (Å²) in [5.74, 6) is 0.958. The Balaban J connectivity index is 0.000000171. The molecule has 0 amide bonds. The van der Waals surface area contributed by atoms with Gasteiger partial charge in [0.25, 0.3) is 0 Å². The molecule has 158 valence electrons. The number of Topliss-reactive ketones (excluding diaryl/α,β-unsaturated/α-hetero) is 1. The van der Waals surface area contributed by atoms with Gasteiger partial charge in [-0.05, 0) is 24.1 Å². The first-order chi connectivity index (χ1) is 14.5. The van der Waals surface area contributed by atoms with Crippen LogP contribution in [-0.4, -0.2) is 48.6 Å². The van der Waals surface area contributed by atoms with E-state index >= 15 is 0 Å². The van der Waals surface area contributed by atoms with E-state index in [4.69, 9.17) is 4.74 Å². The SMILES string of the molecule is COC(=O)c1cccc2c1SCCC2=O.COC(=O)c1cccc2c1SCCC2O. The van der Waals surface area contributed by atoms with E-state index in [0.717, 1.165) is 33.3 Å². The molecule has 2 aliphatic heterocycles. The lowest BCUT2D eigenvalue weighted by Gasteiger charge is -2.22. The highest BCUT2D eigenvalue weighted by Crippen LogP contribution is 2.38. The lowest BCUT2D eigenvalue weighted by molar-refractivity contribution is 0.0587. The number of ether oxygens (including phenoxy) is 2. The van der Waals surface area contributed by atoms with Crippen LogP contribution in [0.5, 0.6) is 0 Å². The molecule has 6 nitrogen and oxygen atoms in total. The topological polar surface area (TPSA) is 89.9 Å². The Labute approximate surface area is 183 Å². The fourth-order valence-corrected chi connectivity index (χ4v) is 5.60. The molecule has 0 spiro atoms. The van der Waals surface area contributed by atoms with E-state index in [9.17, 15) is 19.5 Å². The number of benzene rings is 2. The van der Waals surface area contributed by atoms with Crippen molar-refractivity contribution in [3.05, 3.63) is 58.7 Å². The lowest BCUT2D eigenvalue weighted by atomic mass is 10.0. The Kier molecular flexibility index (Phi) is 7.58. The Hall–Kier alpha value is -2.29. The quantitative estimate of drug-likeness (QED) is 0.688. The summed E-state index contributed by atoms with van der Waals surface area (Å²) >= 11 is 3.14. The molecule has 0 fully saturated rings. The van der Waals surface area contributed by atoms with Crippen molar-refractivity contribution < 1.29 is 29.0 Å². The van der Waals surface area contributed by atoms with Gasteiger partial charge >= 0.3 is 11.9 Å². The van der Waals surface area contributed by atoms with E-state index in [1.807, 2.05) is 6.07 Å². The van der Waals surface area contributed by atoms with E-state index in [2.05, 4.69) is 4.74 Å². The second-order valence-electron chi connectivity index (χ2n) is 6.56. The minimum atomic E-state index is -0.453. The predicted molar refractivity (Wildman–Crippen MR) is 116 cm³/mol. The van der Waals surface area contributed by atoms with E-state index in [1.165, 1.54) is 14.2 Å². The zero-order valence-electron chi connectivity index (χ0n) is 16.7. The molecule has 1 N–H and O–H groups in total. The summed E-state index contributed by atoms with van der Waals surface area (Å²) in [5.41, 5.74) is 2.54. The van der Waals surface area contributed by atoms with Crippen molar-refractivity contribution in [3.8, 4) is 0 Å². The van der Waals surface area contributed by atoms with Crippen LogP contribution in [0.3, 0.4) is 0 Å². The lowest BCUT2D eigenvalue weighted by Crippen LogP contribution is -2.13. The fourth-order valence-electron chi connectivity index (χ4n) is 3.24. The number of aliphatic hydroxyl groups excluding tert-OH is 1. The van der Waals surface area contributed by atoms with Crippen molar-refractivity contribution >= 4 is 41.2 Å². The number of esters is 2. The molecule has 0 aromatic heterocycles. The number of methoxy groups -OCH3 is 2. The van der Waals surface area contributed by atoms with Gasteiger partial charge in [-0.15, -0.1) is 23.5 Å². The third kappa shape index (κ3) is 4.71. The number of fused-ring (bicyclic) bond motifs is 2. The zero-order valence-corrected chi connectivity index (χ0v) is 18.3. The van der Waals surface area contributed by atoms with Crippen molar-refractivity contribution in [1.29, 1.82) is 0 Å². The number of aliphatic hydroxyl groups is 1. The molecule has 4 rings (SSSR count). The fraction of sp³-hybridized carbons (Fsp3) is 0.318. The molecular weight excluding hydrogens is 424 g/mol. The minimum absolute atomic E-state index is 0.106. The van der Waals surface area contributed by atoms with Gasteiger partial charge < -0.3 is 14.6 Å². The maximum atomic E-state index is 11.6. The number of thioether (sulfide) groups is 2. The molecule has 0 aliphatic carbocycles. The van der Waals surface area contributed by atoms with Crippen molar-refractivity contribution in [2.45, 2.75) is 28.7 Å². The van der Waals surface area contributed by atoms with Crippen molar-refractivity contribution in [2.75, 3.05) is 25.7 Å². The van der Waals surface area contributed by atoms with E-state index in [-0.39, 0.29) is 17.7 Å². The van der Waals surface area contributed by atoms with Crippen LogP contribution in [0, 0.1) is 0 Å². The molecule has 0 radical (unpaired) electrons. The molecule has 0 saturated carbocycles. The van der Waals surface area contributed by atoms with Crippen LogP contribution in [0.15, 0.2) is 46.2 Å². The van der Waals surface area contributed by atoms with E-state index in [0.29, 0.717) is 23.1 Å². The highest BCUT2D eigenvalue weighted by molar-refractivity contribution is 7.99. The summed E-state index contributed by atoms with van der Waals surface area (Å²) in [6.07, 6.45) is 0.829. The van der Waals surface area contributed by atoms with Crippen molar-refractivity contribution in [3.63, 3.8) is 0 Å². The van der Waals surface area contributed by atoms with E-state index in [1.54, 1.807) is 53.9 Å². The molecule has 30 heavy (non-hydrogen) atoms. The summed E-state index contributed by atoms with van der Waals surface area (Å²) < 4.78 is 9.38. The van der Waals surface area contributed by atoms with Gasteiger partial charge in [-0.2, -0.15) is 0 Å². The normalized spacial score (nSPS) is 17.0. The largest absolute Gasteiger partial charge is 0.465 e. The second-order valence-corrected chi connectivity index (χ2v) is 8.77. The first-order valence-corrected chi connectivity index (χ1v) is 11.3. The molecule has 0 saturated heterocycles. The average Bonchev–Trinajstić information content (AvgIpc) is 2.78. The summed E-state index contributed by atoms with van der Waals surface area (Å²) in [4.78, 5) is 36.1. The predicted octanol–water partition coefficient (Wildman–Crippen LogP) is 4.15. The molecule has 8 heteroatoms. The number of carbonyl (C=O) groups excluding carboxylic acids is 3. The monoisotopic (exact) mass is 446 g/mol. The number of rotatable bonds is 2. The standard InChI is InChI=1S/C11H12O3S.C11H10O3S/c2*1-14-11(13)8-4-2-3-7-9(12)5-6-15-10(7)8/h2-4,9,12H,5-6H2,1H3;2-4H,5-6H2,1H3. The van der Waals surface area contributed by atoms with Crippen LogP contribution < -0.4 is 0 Å². The van der Waals surface area contributed by atoms with Gasteiger partial charge in [0.15, 0.2) is 5.78 Å². The molecule has 0 bridgehead atoms. The molecule has 1 atom stereocenters. The maximum absolute atomic E-state index is 11.6. The Bertz CT molecular complexity index is 972. The van der Waals surface area contributed by atoms with Crippen molar-refractivity contribution in [2.24, 2.45) is 0 Å². The van der Waals surface area contributed by atoms with Crippen LogP contribution in [0.25, 0.3) is 0 Å². The van der Waals surface area contributed by atoms with Gasteiger partial charge in [0.05, 0.1) is 31.5 Å². The average molecular weight is 447 g/mol. The number of ketones is 1. The summed E-state index contributed by atoms with van der Waals surface area (Å²) in [6, 6.07) is 10.5. The third-order valence-electron chi connectivity index (χ3n) is 4.74. The first-order valence-electron chi connectivity index (χ1n) is 9.37. The molecule has 2 aromatic rings. The summed E-state index contributed by atoms with van der Waals surface area (Å²) in [6.45, 7) is 0. The van der Waals surface area contributed by atoms with Crippen LogP contribution in [0.1, 0.15) is 55.6 Å². The summed E-state index contributed by atoms with van der Waals surface area (Å²) in [7, 11) is 2.71.